The van der Waals surface area contributed by atoms with Crippen LogP contribution in [0.5, 0.6) is 0 Å². The molecule has 0 radical (unpaired) electrons. The smallest absolute Gasteiger partial charge is 0.164 e. The number of aryl methyl sites for hydroxylation is 1. The zero-order valence-corrected chi connectivity index (χ0v) is 31.5. The molecule has 0 amide bonds. The Kier molecular flexibility index (Phi) is 7.04. The van der Waals surface area contributed by atoms with Gasteiger partial charge in [0.2, 0.25) is 0 Å². The van der Waals surface area contributed by atoms with Crippen molar-refractivity contribution >= 4 is 65.6 Å². The number of rotatable bonds is 5. The molecule has 272 valence electrons. The van der Waals surface area contributed by atoms with Gasteiger partial charge in [0.05, 0.1) is 27.8 Å². The summed E-state index contributed by atoms with van der Waals surface area (Å²) in [5.74, 6) is 1.83. The summed E-state index contributed by atoms with van der Waals surface area (Å²) in [7, 11) is 0. The molecule has 4 heterocycles. The third-order valence-electron chi connectivity index (χ3n) is 11.4. The number of benzene rings is 8. The molecular formula is C52H33N5O. The van der Waals surface area contributed by atoms with Crippen molar-refractivity contribution < 1.29 is 4.42 Å². The molecule has 4 aromatic heterocycles. The summed E-state index contributed by atoms with van der Waals surface area (Å²) in [4.78, 5) is 15.2. The van der Waals surface area contributed by atoms with Gasteiger partial charge in [-0.3, -0.25) is 0 Å². The van der Waals surface area contributed by atoms with E-state index in [2.05, 4.69) is 125 Å². The van der Waals surface area contributed by atoms with Gasteiger partial charge in [-0.1, -0.05) is 133 Å². The van der Waals surface area contributed by atoms with Gasteiger partial charge in [0.25, 0.3) is 0 Å². The first-order valence-corrected chi connectivity index (χ1v) is 19.5. The van der Waals surface area contributed by atoms with Crippen molar-refractivity contribution in [1.29, 1.82) is 0 Å². The quantitative estimate of drug-likeness (QED) is 0.176. The average Bonchev–Trinajstić information content (AvgIpc) is 3.93. The highest BCUT2D eigenvalue weighted by Crippen LogP contribution is 2.43. The normalized spacial score (nSPS) is 11.9. The van der Waals surface area contributed by atoms with Gasteiger partial charge in [-0.05, 0) is 61.0 Å². The minimum absolute atomic E-state index is 0.592. The van der Waals surface area contributed by atoms with Crippen molar-refractivity contribution in [3.63, 3.8) is 0 Å². The Labute approximate surface area is 332 Å². The highest BCUT2D eigenvalue weighted by Gasteiger charge is 2.23. The molecule has 6 nitrogen and oxygen atoms in total. The van der Waals surface area contributed by atoms with Crippen LogP contribution in [0.2, 0.25) is 0 Å². The minimum Gasteiger partial charge on any atom is -0.454 e. The predicted molar refractivity (Wildman–Crippen MR) is 237 cm³/mol. The fourth-order valence-electron chi connectivity index (χ4n) is 8.83. The van der Waals surface area contributed by atoms with Gasteiger partial charge in [-0.15, -0.1) is 0 Å². The molecule has 0 aliphatic carbocycles. The Morgan fingerprint density at radius 2 is 1.00 bits per heavy atom. The maximum Gasteiger partial charge on any atom is 0.164 e. The maximum absolute atomic E-state index is 6.94. The van der Waals surface area contributed by atoms with E-state index in [1.807, 2.05) is 72.8 Å². The van der Waals surface area contributed by atoms with Crippen LogP contribution in [0.15, 0.2) is 186 Å². The van der Waals surface area contributed by atoms with Gasteiger partial charge in [0.1, 0.15) is 5.58 Å². The molecule has 0 aliphatic heterocycles. The van der Waals surface area contributed by atoms with E-state index in [1.54, 1.807) is 0 Å². The maximum atomic E-state index is 6.94. The molecule has 0 atom stereocenters. The van der Waals surface area contributed by atoms with Crippen molar-refractivity contribution in [3.8, 4) is 45.5 Å². The standard InChI is InChI=1S/C52H33N5O/c1-32-27-28-37-41-30-40-36-21-11-12-24-42(36)57(46(40)31-45(41)56(44(37)29-32)35-19-9-4-10-20-35)43-25-13-22-38-48-39(23-14-26-47(48)58-49(38)43)52-54-50(33-15-5-2-6-16-33)53-51(55-52)34-17-7-3-8-18-34/h2-31H,1H3. The lowest BCUT2D eigenvalue weighted by molar-refractivity contribution is 0.666. The second kappa shape index (κ2) is 12.6. The minimum atomic E-state index is 0.592. The second-order valence-electron chi connectivity index (χ2n) is 14.9. The average molecular weight is 744 g/mol. The molecule has 6 heteroatoms. The Hall–Kier alpha value is -7.83. The third kappa shape index (κ3) is 4.88. The molecule has 0 saturated heterocycles. The second-order valence-corrected chi connectivity index (χ2v) is 14.9. The predicted octanol–water partition coefficient (Wildman–Crippen LogP) is 13.3. The summed E-state index contributed by atoms with van der Waals surface area (Å²) >= 11 is 0. The van der Waals surface area contributed by atoms with Crippen molar-refractivity contribution in [3.05, 3.63) is 188 Å². The van der Waals surface area contributed by atoms with Crippen LogP contribution in [0, 0.1) is 6.92 Å². The van der Waals surface area contributed by atoms with Gasteiger partial charge in [0.15, 0.2) is 23.1 Å². The number of aromatic nitrogens is 5. The van der Waals surface area contributed by atoms with E-state index < -0.39 is 0 Å². The van der Waals surface area contributed by atoms with Crippen molar-refractivity contribution in [2.75, 3.05) is 0 Å². The fourth-order valence-corrected chi connectivity index (χ4v) is 8.83. The van der Waals surface area contributed by atoms with Crippen LogP contribution >= 0.6 is 0 Å². The lowest BCUT2D eigenvalue weighted by Crippen LogP contribution is -2.00. The molecule has 0 N–H and O–H groups in total. The molecule has 0 fully saturated rings. The summed E-state index contributed by atoms with van der Waals surface area (Å²) in [5, 5.41) is 6.80. The first-order chi connectivity index (χ1) is 28.7. The summed E-state index contributed by atoms with van der Waals surface area (Å²) in [6.45, 7) is 2.16. The number of fused-ring (bicyclic) bond motifs is 9. The van der Waals surface area contributed by atoms with Crippen LogP contribution in [0.4, 0.5) is 0 Å². The molecule has 58 heavy (non-hydrogen) atoms. The van der Waals surface area contributed by atoms with Crippen LogP contribution in [0.25, 0.3) is 111 Å². The largest absolute Gasteiger partial charge is 0.454 e. The van der Waals surface area contributed by atoms with Crippen molar-refractivity contribution in [1.82, 2.24) is 24.1 Å². The van der Waals surface area contributed by atoms with Crippen LogP contribution in [-0.4, -0.2) is 24.1 Å². The van der Waals surface area contributed by atoms with Crippen LogP contribution in [-0.2, 0) is 0 Å². The lowest BCUT2D eigenvalue weighted by Gasteiger charge is -2.11. The summed E-state index contributed by atoms with van der Waals surface area (Å²) < 4.78 is 11.7. The first kappa shape index (κ1) is 32.4. The first-order valence-electron chi connectivity index (χ1n) is 19.5. The van der Waals surface area contributed by atoms with Crippen molar-refractivity contribution in [2.24, 2.45) is 0 Å². The molecule has 12 rings (SSSR count). The van der Waals surface area contributed by atoms with E-state index in [4.69, 9.17) is 19.4 Å². The van der Waals surface area contributed by atoms with Crippen LogP contribution in [0.1, 0.15) is 5.56 Å². The van der Waals surface area contributed by atoms with Crippen molar-refractivity contribution in [2.45, 2.75) is 6.92 Å². The number of nitrogens with zero attached hydrogens (tertiary/aromatic N) is 5. The molecule has 0 bridgehead atoms. The van der Waals surface area contributed by atoms with E-state index >= 15 is 0 Å². The van der Waals surface area contributed by atoms with Gasteiger partial charge in [-0.25, -0.2) is 15.0 Å². The van der Waals surface area contributed by atoms with E-state index in [0.717, 1.165) is 66.6 Å². The summed E-state index contributed by atoms with van der Waals surface area (Å²) in [6, 6.07) is 63.6. The highest BCUT2D eigenvalue weighted by molar-refractivity contribution is 6.20. The summed E-state index contributed by atoms with van der Waals surface area (Å²) in [6.07, 6.45) is 0. The Morgan fingerprint density at radius 1 is 0.414 bits per heavy atom. The highest BCUT2D eigenvalue weighted by atomic mass is 16.3. The lowest BCUT2D eigenvalue weighted by atomic mass is 10.0. The molecular weight excluding hydrogens is 711 g/mol. The molecule has 0 saturated carbocycles. The van der Waals surface area contributed by atoms with Gasteiger partial charge in [0, 0.05) is 54.7 Å². The molecule has 0 unspecified atom stereocenters. The van der Waals surface area contributed by atoms with E-state index in [0.29, 0.717) is 17.5 Å². The van der Waals surface area contributed by atoms with E-state index in [1.165, 1.54) is 32.6 Å². The fraction of sp³-hybridized carbons (Fsp3) is 0.0192. The number of furan rings is 1. The number of hydrogen-bond donors (Lipinski definition) is 0. The van der Waals surface area contributed by atoms with Gasteiger partial charge < -0.3 is 13.6 Å². The SMILES string of the molecule is Cc1ccc2c3cc4c5ccccc5n(-c5cccc6c5oc5cccc(-c7nc(-c8ccccc8)nc(-c8ccccc8)n7)c56)c4cc3n(-c3ccccc3)c2c1. The molecule has 8 aromatic carbocycles. The Morgan fingerprint density at radius 3 is 1.74 bits per heavy atom. The Bertz CT molecular complexity index is 3510. The Balaban J connectivity index is 1.13. The van der Waals surface area contributed by atoms with Crippen LogP contribution in [0.3, 0.4) is 0 Å². The van der Waals surface area contributed by atoms with Crippen LogP contribution < -0.4 is 0 Å². The molecule has 12 aromatic rings. The van der Waals surface area contributed by atoms with Gasteiger partial charge >= 0.3 is 0 Å². The third-order valence-corrected chi connectivity index (χ3v) is 11.4. The number of hydrogen-bond acceptors (Lipinski definition) is 4. The van der Waals surface area contributed by atoms with Gasteiger partial charge in [-0.2, -0.15) is 0 Å². The molecule has 0 aliphatic rings. The molecule has 0 spiro atoms. The van der Waals surface area contributed by atoms with E-state index in [9.17, 15) is 0 Å². The topological polar surface area (TPSA) is 61.7 Å². The number of para-hydroxylation sites is 3. The zero-order valence-electron chi connectivity index (χ0n) is 31.5. The zero-order chi connectivity index (χ0) is 38.3. The monoisotopic (exact) mass is 743 g/mol. The van der Waals surface area contributed by atoms with E-state index in [-0.39, 0.29) is 0 Å². The summed E-state index contributed by atoms with van der Waals surface area (Å²) in [5.41, 5.74) is 12.2.